The molecule has 1 unspecified atom stereocenters. The molecule has 0 aliphatic carbocycles. The number of nitrogens with two attached hydrogens (primary N) is 2. The lowest BCUT2D eigenvalue weighted by molar-refractivity contribution is -0.126. The van der Waals surface area contributed by atoms with Crippen molar-refractivity contribution >= 4 is 23.2 Å². The van der Waals surface area contributed by atoms with Gasteiger partial charge in [0, 0.05) is 17.8 Å². The van der Waals surface area contributed by atoms with Gasteiger partial charge in [-0.05, 0) is 53.6 Å². The van der Waals surface area contributed by atoms with Crippen LogP contribution in [0.25, 0.3) is 0 Å². The zero-order valence-corrected chi connectivity index (χ0v) is 16.3. The Hall–Kier alpha value is -2.82. The highest BCUT2D eigenvalue weighted by Crippen LogP contribution is 2.28. The van der Waals surface area contributed by atoms with E-state index in [4.69, 9.17) is 11.5 Å². The van der Waals surface area contributed by atoms with Crippen molar-refractivity contribution in [1.29, 1.82) is 0 Å². The van der Waals surface area contributed by atoms with Crippen molar-refractivity contribution in [1.82, 2.24) is 0 Å². The average molecular weight is 367 g/mol. The van der Waals surface area contributed by atoms with Crippen LogP contribution in [-0.2, 0) is 21.4 Å². The predicted molar refractivity (Wildman–Crippen MR) is 110 cm³/mol. The third-order valence-corrected chi connectivity index (χ3v) is 5.12. The smallest absolute Gasteiger partial charge is 0.221 e. The minimum absolute atomic E-state index is 0.0320. The number of benzene rings is 2. The fourth-order valence-electron chi connectivity index (χ4n) is 2.90. The molecule has 144 valence electrons. The first-order valence-corrected chi connectivity index (χ1v) is 9.25. The average Bonchev–Trinajstić information content (AvgIpc) is 2.63. The number of carbonyl (C=O) groups is 2. The minimum atomic E-state index is -0.573. The van der Waals surface area contributed by atoms with Gasteiger partial charge in [-0.25, -0.2) is 0 Å². The maximum atomic E-state index is 11.5. The van der Waals surface area contributed by atoms with Crippen LogP contribution in [0.4, 0.5) is 11.4 Å². The van der Waals surface area contributed by atoms with E-state index in [0.29, 0.717) is 6.42 Å². The summed E-state index contributed by atoms with van der Waals surface area (Å²) in [4.78, 5) is 22.5. The number of amides is 2. The second-order valence-electron chi connectivity index (χ2n) is 7.61. The van der Waals surface area contributed by atoms with Crippen molar-refractivity contribution in [2.24, 2.45) is 17.4 Å². The number of carbonyl (C=O) groups excluding carboxylic acids is 2. The molecule has 0 aromatic heterocycles. The van der Waals surface area contributed by atoms with Crippen LogP contribution in [0.5, 0.6) is 0 Å². The monoisotopic (exact) mass is 367 g/mol. The second kappa shape index (κ2) is 8.71. The maximum Gasteiger partial charge on any atom is 0.221 e. The quantitative estimate of drug-likeness (QED) is 0.631. The van der Waals surface area contributed by atoms with Crippen LogP contribution in [0.1, 0.15) is 44.7 Å². The van der Waals surface area contributed by atoms with Gasteiger partial charge in [0.1, 0.15) is 0 Å². The van der Waals surface area contributed by atoms with Gasteiger partial charge >= 0.3 is 0 Å². The van der Waals surface area contributed by atoms with Gasteiger partial charge in [-0.3, -0.25) is 9.59 Å². The molecule has 0 bridgehead atoms. The fourth-order valence-corrected chi connectivity index (χ4v) is 2.90. The molecule has 5 N–H and O–H groups in total. The molecule has 0 radical (unpaired) electrons. The highest BCUT2D eigenvalue weighted by atomic mass is 16.2. The maximum absolute atomic E-state index is 11.5. The molecule has 5 heteroatoms. The normalized spacial score (nSPS) is 12.4. The van der Waals surface area contributed by atoms with Crippen LogP contribution in [0.3, 0.4) is 0 Å². The van der Waals surface area contributed by atoms with E-state index < -0.39 is 17.7 Å². The SMILES string of the molecule is CCC(C)(C)c1ccc(Nc2ccc(CC(CC(N)=O)C(N)=O)cc2)cc1. The van der Waals surface area contributed by atoms with Crippen LogP contribution in [0.2, 0.25) is 0 Å². The Kier molecular flexibility index (Phi) is 6.61. The number of rotatable bonds is 9. The van der Waals surface area contributed by atoms with Gasteiger partial charge in [0.25, 0.3) is 0 Å². The Balaban J connectivity index is 2.03. The van der Waals surface area contributed by atoms with Crippen molar-refractivity contribution in [3.8, 4) is 0 Å². The minimum Gasteiger partial charge on any atom is -0.370 e. The lowest BCUT2D eigenvalue weighted by Crippen LogP contribution is -2.29. The van der Waals surface area contributed by atoms with Crippen LogP contribution in [0.15, 0.2) is 48.5 Å². The first kappa shape index (κ1) is 20.5. The summed E-state index contributed by atoms with van der Waals surface area (Å²) in [5, 5.41) is 3.37. The molecule has 0 fully saturated rings. The first-order chi connectivity index (χ1) is 12.7. The zero-order chi connectivity index (χ0) is 20.0. The Labute approximate surface area is 161 Å². The van der Waals surface area contributed by atoms with Crippen LogP contribution < -0.4 is 16.8 Å². The molecule has 0 saturated carbocycles. The van der Waals surface area contributed by atoms with E-state index in [-0.39, 0.29) is 11.8 Å². The van der Waals surface area contributed by atoms with Gasteiger partial charge in [-0.2, -0.15) is 0 Å². The van der Waals surface area contributed by atoms with Crippen LogP contribution in [0, 0.1) is 5.92 Å². The molecule has 2 rings (SSSR count). The van der Waals surface area contributed by atoms with Gasteiger partial charge in [0.15, 0.2) is 0 Å². The molecule has 0 aliphatic rings. The molecule has 0 saturated heterocycles. The predicted octanol–water partition coefficient (Wildman–Crippen LogP) is 3.64. The van der Waals surface area contributed by atoms with E-state index >= 15 is 0 Å². The van der Waals surface area contributed by atoms with E-state index in [1.54, 1.807) is 0 Å². The molecule has 0 aliphatic heterocycles. The summed E-state index contributed by atoms with van der Waals surface area (Å²) >= 11 is 0. The van der Waals surface area contributed by atoms with Gasteiger partial charge < -0.3 is 16.8 Å². The van der Waals surface area contributed by atoms with E-state index in [2.05, 4.69) is 50.4 Å². The number of hydrogen-bond donors (Lipinski definition) is 3. The summed E-state index contributed by atoms with van der Waals surface area (Å²) in [6.07, 6.45) is 1.46. The lowest BCUT2D eigenvalue weighted by atomic mass is 9.82. The highest BCUT2D eigenvalue weighted by molar-refractivity contribution is 5.84. The summed E-state index contributed by atoms with van der Waals surface area (Å²) < 4.78 is 0. The number of anilines is 2. The van der Waals surface area contributed by atoms with E-state index in [9.17, 15) is 9.59 Å². The summed E-state index contributed by atoms with van der Waals surface area (Å²) in [6.45, 7) is 6.68. The number of nitrogens with one attached hydrogen (secondary N) is 1. The fraction of sp³-hybridized carbons (Fsp3) is 0.364. The van der Waals surface area contributed by atoms with E-state index in [0.717, 1.165) is 23.4 Å². The molecule has 5 nitrogen and oxygen atoms in total. The Morgan fingerprint density at radius 2 is 1.48 bits per heavy atom. The number of primary amides is 2. The van der Waals surface area contributed by atoms with Gasteiger partial charge in [0.2, 0.25) is 11.8 Å². The van der Waals surface area contributed by atoms with Crippen LogP contribution in [-0.4, -0.2) is 11.8 Å². The van der Waals surface area contributed by atoms with Gasteiger partial charge in [-0.15, -0.1) is 0 Å². The lowest BCUT2D eigenvalue weighted by Gasteiger charge is -2.23. The Bertz CT molecular complexity index is 780. The summed E-state index contributed by atoms with van der Waals surface area (Å²) in [5.41, 5.74) is 14.9. The molecule has 1 atom stereocenters. The molecule has 2 aromatic rings. The van der Waals surface area contributed by atoms with Crippen molar-refractivity contribution < 1.29 is 9.59 Å². The molecule has 2 aromatic carbocycles. The van der Waals surface area contributed by atoms with Crippen molar-refractivity contribution in [2.75, 3.05) is 5.32 Å². The molecule has 0 spiro atoms. The molecule has 27 heavy (non-hydrogen) atoms. The van der Waals surface area contributed by atoms with Crippen LogP contribution >= 0.6 is 0 Å². The van der Waals surface area contributed by atoms with Crippen molar-refractivity contribution in [2.45, 2.75) is 45.4 Å². The summed E-state index contributed by atoms with van der Waals surface area (Å²) in [6, 6.07) is 16.2. The largest absolute Gasteiger partial charge is 0.370 e. The number of hydrogen-bond acceptors (Lipinski definition) is 3. The highest BCUT2D eigenvalue weighted by Gasteiger charge is 2.19. The second-order valence-corrected chi connectivity index (χ2v) is 7.61. The van der Waals surface area contributed by atoms with E-state index in [1.165, 1.54) is 5.56 Å². The first-order valence-electron chi connectivity index (χ1n) is 9.25. The molecule has 2 amide bonds. The Morgan fingerprint density at radius 3 is 1.93 bits per heavy atom. The zero-order valence-electron chi connectivity index (χ0n) is 16.3. The topological polar surface area (TPSA) is 98.2 Å². The van der Waals surface area contributed by atoms with Gasteiger partial charge in [0.05, 0.1) is 5.92 Å². The summed E-state index contributed by atoms with van der Waals surface area (Å²) in [7, 11) is 0. The van der Waals surface area contributed by atoms with Gasteiger partial charge in [-0.1, -0.05) is 45.0 Å². The Morgan fingerprint density at radius 1 is 0.963 bits per heavy atom. The van der Waals surface area contributed by atoms with Crippen molar-refractivity contribution in [3.63, 3.8) is 0 Å². The standard InChI is InChI=1S/C22H29N3O2/c1-4-22(2,3)17-7-11-19(12-8-17)25-18-9-5-15(6-10-18)13-16(21(24)27)14-20(23)26/h5-12,16,25H,4,13-14H2,1-3H3,(H2,23,26)(H2,24,27). The third-order valence-electron chi connectivity index (χ3n) is 5.12. The molecular formula is C22H29N3O2. The van der Waals surface area contributed by atoms with Crippen molar-refractivity contribution in [3.05, 3.63) is 59.7 Å². The third kappa shape index (κ3) is 5.84. The molecular weight excluding hydrogens is 338 g/mol. The summed E-state index contributed by atoms with van der Waals surface area (Å²) in [5.74, 6) is -1.60. The molecule has 0 heterocycles. The van der Waals surface area contributed by atoms with E-state index in [1.807, 2.05) is 24.3 Å².